The summed E-state index contributed by atoms with van der Waals surface area (Å²) < 4.78 is 12.0. The van der Waals surface area contributed by atoms with Crippen molar-refractivity contribution < 1.29 is 23.7 Å². The minimum atomic E-state index is -0.806. The Bertz CT molecular complexity index is 705. The average Bonchev–Trinajstić information content (AvgIpc) is 3.03. The highest BCUT2D eigenvalue weighted by Gasteiger charge is 2.70. The van der Waals surface area contributed by atoms with Gasteiger partial charge in [-0.15, -0.1) is 0 Å². The molecule has 1 spiro atoms. The number of nitrogens with zero attached hydrogens (tertiary/aromatic N) is 1. The predicted molar refractivity (Wildman–Crippen MR) is 91.2 cm³/mol. The third-order valence-electron chi connectivity index (χ3n) is 7.26. The lowest BCUT2D eigenvalue weighted by Gasteiger charge is -2.61. The minimum Gasteiger partial charge on any atom is -0.467 e. The predicted octanol–water partition coefficient (Wildman–Crippen LogP) is 3.47. The molecule has 142 valence electrons. The van der Waals surface area contributed by atoms with Crippen molar-refractivity contribution in [2.45, 2.75) is 70.6 Å². The van der Waals surface area contributed by atoms with Gasteiger partial charge in [-0.25, -0.2) is 9.78 Å². The van der Waals surface area contributed by atoms with E-state index < -0.39 is 17.6 Å². The third-order valence-corrected chi connectivity index (χ3v) is 7.26. The topological polar surface area (TPSA) is 61.1 Å². The SMILES string of the molecule is C[C@@H]1CCC2[C@@H](C)C(=O)N(Cc3ccco3)[C@@H]3O[C@@]4(C)CC[C@@H]1[C@@]23OO4. The normalized spacial score (nSPS) is 47.6. The van der Waals surface area contributed by atoms with Gasteiger partial charge in [0.25, 0.3) is 0 Å². The van der Waals surface area contributed by atoms with E-state index in [1.807, 2.05) is 30.9 Å². The zero-order chi connectivity index (χ0) is 18.1. The molecule has 0 aromatic carbocycles. The van der Waals surface area contributed by atoms with Gasteiger partial charge in [0, 0.05) is 18.3 Å². The fourth-order valence-corrected chi connectivity index (χ4v) is 5.88. The number of hydrogen-bond donors (Lipinski definition) is 0. The molecule has 1 amide bonds. The van der Waals surface area contributed by atoms with Crippen molar-refractivity contribution in [3.05, 3.63) is 24.2 Å². The molecule has 4 saturated heterocycles. The number of piperidine rings is 1. The van der Waals surface area contributed by atoms with Gasteiger partial charge in [-0.3, -0.25) is 4.79 Å². The summed E-state index contributed by atoms with van der Waals surface area (Å²) in [5, 5.41) is 0. The van der Waals surface area contributed by atoms with Crippen molar-refractivity contribution in [2.24, 2.45) is 23.7 Å². The number of ether oxygens (including phenoxy) is 1. The maximum absolute atomic E-state index is 13.3. The number of fused-ring (bicyclic) bond motifs is 2. The Morgan fingerprint density at radius 3 is 2.81 bits per heavy atom. The number of likely N-dealkylation sites (tertiary alicyclic amines) is 1. The Hall–Kier alpha value is -1.37. The van der Waals surface area contributed by atoms with Crippen molar-refractivity contribution in [1.82, 2.24) is 4.90 Å². The van der Waals surface area contributed by atoms with E-state index in [4.69, 9.17) is 18.9 Å². The van der Waals surface area contributed by atoms with E-state index in [0.29, 0.717) is 18.4 Å². The van der Waals surface area contributed by atoms with Crippen molar-refractivity contribution in [1.29, 1.82) is 0 Å². The van der Waals surface area contributed by atoms with Gasteiger partial charge in [0.15, 0.2) is 11.8 Å². The molecule has 1 aromatic rings. The number of rotatable bonds is 2. The van der Waals surface area contributed by atoms with Gasteiger partial charge >= 0.3 is 0 Å². The van der Waals surface area contributed by atoms with Crippen molar-refractivity contribution in [2.75, 3.05) is 0 Å². The molecule has 6 rings (SSSR count). The van der Waals surface area contributed by atoms with Crippen LogP contribution in [0.1, 0.15) is 52.2 Å². The first kappa shape index (κ1) is 16.8. The number of amides is 1. The van der Waals surface area contributed by atoms with Gasteiger partial charge in [-0.1, -0.05) is 13.8 Å². The van der Waals surface area contributed by atoms with Crippen LogP contribution in [0, 0.1) is 23.7 Å². The molecule has 1 aliphatic carbocycles. The molecule has 5 heterocycles. The van der Waals surface area contributed by atoms with Crippen LogP contribution in [0.25, 0.3) is 0 Å². The van der Waals surface area contributed by atoms with Gasteiger partial charge in [0.05, 0.1) is 12.8 Å². The second-order valence-corrected chi connectivity index (χ2v) is 8.76. The first-order valence-corrected chi connectivity index (χ1v) is 9.82. The molecular weight excluding hydrogens is 334 g/mol. The van der Waals surface area contributed by atoms with Gasteiger partial charge in [0.2, 0.25) is 11.7 Å². The summed E-state index contributed by atoms with van der Waals surface area (Å²) in [6.07, 6.45) is 5.08. The lowest BCUT2D eigenvalue weighted by Crippen LogP contribution is -2.74. The first-order chi connectivity index (χ1) is 12.4. The summed E-state index contributed by atoms with van der Waals surface area (Å²) in [6, 6.07) is 3.75. The van der Waals surface area contributed by atoms with E-state index in [2.05, 4.69) is 6.92 Å². The summed E-state index contributed by atoms with van der Waals surface area (Å²) in [6.45, 7) is 6.65. The smallest absolute Gasteiger partial charge is 0.228 e. The average molecular weight is 361 g/mol. The van der Waals surface area contributed by atoms with E-state index in [0.717, 1.165) is 31.4 Å². The Morgan fingerprint density at radius 1 is 1.19 bits per heavy atom. The van der Waals surface area contributed by atoms with E-state index >= 15 is 0 Å². The van der Waals surface area contributed by atoms with Crippen molar-refractivity contribution >= 4 is 5.91 Å². The first-order valence-electron chi connectivity index (χ1n) is 9.82. The summed E-state index contributed by atoms with van der Waals surface area (Å²) in [5.74, 6) is 0.922. The molecule has 1 aromatic heterocycles. The van der Waals surface area contributed by atoms with Crippen LogP contribution >= 0.6 is 0 Å². The highest BCUT2D eigenvalue weighted by molar-refractivity contribution is 5.80. The maximum atomic E-state index is 13.3. The highest BCUT2D eigenvalue weighted by Crippen LogP contribution is 2.60. The molecule has 1 unspecified atom stereocenters. The zero-order valence-corrected chi connectivity index (χ0v) is 15.6. The van der Waals surface area contributed by atoms with E-state index in [9.17, 15) is 4.79 Å². The number of hydrogen-bond acceptors (Lipinski definition) is 5. The van der Waals surface area contributed by atoms with E-state index in [1.165, 1.54) is 0 Å². The monoisotopic (exact) mass is 361 g/mol. The number of carbonyl (C=O) groups is 1. The second kappa shape index (κ2) is 5.57. The summed E-state index contributed by atoms with van der Waals surface area (Å²) in [4.78, 5) is 27.2. The van der Waals surface area contributed by atoms with Crippen LogP contribution in [-0.4, -0.2) is 28.4 Å². The highest BCUT2D eigenvalue weighted by atomic mass is 17.3. The molecule has 26 heavy (non-hydrogen) atoms. The summed E-state index contributed by atoms with van der Waals surface area (Å²) in [5.41, 5.74) is -0.590. The van der Waals surface area contributed by atoms with Crippen molar-refractivity contribution in [3.63, 3.8) is 0 Å². The Balaban J connectivity index is 1.62. The van der Waals surface area contributed by atoms with Crippen LogP contribution in [0.15, 0.2) is 22.8 Å². The molecule has 7 atom stereocenters. The lowest BCUT2D eigenvalue weighted by molar-refractivity contribution is -0.548. The van der Waals surface area contributed by atoms with Crippen LogP contribution in [0.5, 0.6) is 0 Å². The van der Waals surface area contributed by atoms with Gasteiger partial charge in [0.1, 0.15) is 5.76 Å². The molecule has 5 fully saturated rings. The molecule has 0 N–H and O–H groups in total. The van der Waals surface area contributed by atoms with Crippen LogP contribution in [-0.2, 0) is 25.9 Å². The minimum absolute atomic E-state index is 0.120. The summed E-state index contributed by atoms with van der Waals surface area (Å²) >= 11 is 0. The fourth-order valence-electron chi connectivity index (χ4n) is 5.88. The molecule has 5 aliphatic rings. The van der Waals surface area contributed by atoms with Gasteiger partial charge < -0.3 is 14.1 Å². The van der Waals surface area contributed by atoms with Crippen LogP contribution < -0.4 is 0 Å². The van der Waals surface area contributed by atoms with Crippen LogP contribution in [0.2, 0.25) is 0 Å². The van der Waals surface area contributed by atoms with Gasteiger partial charge in [-0.2, -0.15) is 0 Å². The fraction of sp³-hybridized carbons (Fsp3) is 0.750. The molecule has 2 bridgehead atoms. The lowest BCUT2D eigenvalue weighted by atomic mass is 9.57. The maximum Gasteiger partial charge on any atom is 0.228 e. The number of carbonyl (C=O) groups excluding carboxylic acids is 1. The molecule has 6 nitrogen and oxygen atoms in total. The molecule has 4 aliphatic heterocycles. The zero-order valence-electron chi connectivity index (χ0n) is 15.6. The van der Waals surface area contributed by atoms with E-state index in [-0.39, 0.29) is 17.7 Å². The quantitative estimate of drug-likeness (QED) is 0.755. The molecule has 1 saturated carbocycles. The number of furan rings is 1. The van der Waals surface area contributed by atoms with Crippen LogP contribution in [0.4, 0.5) is 0 Å². The summed E-state index contributed by atoms with van der Waals surface area (Å²) in [7, 11) is 0. The molecule has 0 radical (unpaired) electrons. The second-order valence-electron chi connectivity index (χ2n) is 8.76. The largest absolute Gasteiger partial charge is 0.467 e. The molecule has 6 heteroatoms. The standard InChI is InChI=1S/C20H27NO5/c1-12-6-7-16-13(2)17(22)21(11-14-5-4-10-23-14)18-20(16)15(12)8-9-19(3,24-18)25-26-20/h4-5,10,12-13,15-16,18H,6-9,11H2,1-3H3/t12-,13-,15+,16?,18-,19-,20-/m1/s1. The Labute approximate surface area is 153 Å². The Morgan fingerprint density at radius 2 is 2.04 bits per heavy atom. The third kappa shape index (κ3) is 2.12. The molecular formula is C20H27NO5. The van der Waals surface area contributed by atoms with Gasteiger partial charge in [-0.05, 0) is 50.2 Å². The van der Waals surface area contributed by atoms with Crippen LogP contribution in [0.3, 0.4) is 0 Å². The van der Waals surface area contributed by atoms with Crippen molar-refractivity contribution in [3.8, 4) is 0 Å². The van der Waals surface area contributed by atoms with E-state index in [1.54, 1.807) is 6.26 Å². The Kier molecular flexibility index (Phi) is 3.59.